The molecule has 3 aromatic rings. The minimum Gasteiger partial charge on any atom is -0.450 e. The Bertz CT molecular complexity index is 1210. The van der Waals surface area contributed by atoms with Crippen molar-refractivity contribution in [1.29, 1.82) is 0 Å². The summed E-state index contributed by atoms with van der Waals surface area (Å²) in [6.45, 7) is 0.388. The van der Waals surface area contributed by atoms with Crippen LogP contribution in [0, 0.1) is 0 Å². The van der Waals surface area contributed by atoms with Crippen LogP contribution in [0.15, 0.2) is 78.3 Å². The number of carbonyl (C=O) groups excluding carboxylic acids is 2. The summed E-state index contributed by atoms with van der Waals surface area (Å²) in [5, 5.41) is 0. The van der Waals surface area contributed by atoms with E-state index in [1.54, 1.807) is 30.5 Å². The monoisotopic (exact) mass is 397 g/mol. The Kier molecular flexibility index (Phi) is 4.13. The number of hydrogen-bond donors (Lipinski definition) is 0. The molecule has 0 radical (unpaired) electrons. The predicted molar refractivity (Wildman–Crippen MR) is 114 cm³/mol. The number of allylic oxidation sites excluding steroid dienone is 2. The molecule has 1 aliphatic carbocycles. The molecule has 6 nitrogen and oxygen atoms in total. The van der Waals surface area contributed by atoms with E-state index in [9.17, 15) is 9.59 Å². The highest BCUT2D eigenvalue weighted by molar-refractivity contribution is 6.27. The molecule has 0 amide bonds. The third-order valence-electron chi connectivity index (χ3n) is 5.34. The zero-order chi connectivity index (χ0) is 20.8. The van der Waals surface area contributed by atoms with Gasteiger partial charge in [0.25, 0.3) is 0 Å². The van der Waals surface area contributed by atoms with E-state index in [1.165, 1.54) is 0 Å². The van der Waals surface area contributed by atoms with Crippen molar-refractivity contribution >= 4 is 23.1 Å². The SMILES string of the molecule is CN(C)c1ccc(N2Cc3ccccc3OC3=C2C(=O)c2ccccc2C3=O)cn1. The summed E-state index contributed by atoms with van der Waals surface area (Å²) in [7, 11) is 3.83. The topological polar surface area (TPSA) is 62.7 Å². The van der Waals surface area contributed by atoms with E-state index in [0.29, 0.717) is 29.1 Å². The summed E-state index contributed by atoms with van der Waals surface area (Å²) in [5.41, 5.74) is 2.59. The number of ketones is 2. The Morgan fingerprint density at radius 2 is 1.60 bits per heavy atom. The molecule has 1 aliphatic heterocycles. The van der Waals surface area contributed by atoms with Crippen LogP contribution in [0.3, 0.4) is 0 Å². The Morgan fingerprint density at radius 1 is 0.900 bits per heavy atom. The van der Waals surface area contributed by atoms with Gasteiger partial charge >= 0.3 is 0 Å². The van der Waals surface area contributed by atoms with Crippen molar-refractivity contribution in [1.82, 2.24) is 4.98 Å². The maximum atomic E-state index is 13.5. The highest BCUT2D eigenvalue weighted by Crippen LogP contribution is 2.38. The third-order valence-corrected chi connectivity index (χ3v) is 5.34. The van der Waals surface area contributed by atoms with Crippen molar-refractivity contribution in [3.63, 3.8) is 0 Å². The fraction of sp³-hybridized carbons (Fsp3) is 0.125. The van der Waals surface area contributed by atoms with E-state index in [2.05, 4.69) is 4.98 Å². The molecular weight excluding hydrogens is 378 g/mol. The predicted octanol–water partition coefficient (Wildman–Crippen LogP) is 3.84. The number of benzene rings is 2. The van der Waals surface area contributed by atoms with E-state index < -0.39 is 0 Å². The van der Waals surface area contributed by atoms with Gasteiger partial charge in [-0.25, -0.2) is 4.98 Å². The molecule has 6 heteroatoms. The van der Waals surface area contributed by atoms with Crippen LogP contribution < -0.4 is 14.5 Å². The zero-order valence-corrected chi connectivity index (χ0v) is 16.6. The van der Waals surface area contributed by atoms with Gasteiger partial charge in [-0.1, -0.05) is 42.5 Å². The maximum absolute atomic E-state index is 13.5. The van der Waals surface area contributed by atoms with Gasteiger partial charge in [0.1, 0.15) is 17.3 Å². The van der Waals surface area contributed by atoms with Crippen LogP contribution in [-0.2, 0) is 6.54 Å². The van der Waals surface area contributed by atoms with E-state index in [0.717, 1.165) is 11.4 Å². The second kappa shape index (κ2) is 6.84. The minimum atomic E-state index is -0.292. The molecule has 0 fully saturated rings. The number of rotatable bonds is 2. The first-order valence-electron chi connectivity index (χ1n) is 9.64. The first kappa shape index (κ1) is 18.1. The Balaban J connectivity index is 1.71. The Morgan fingerprint density at radius 3 is 2.30 bits per heavy atom. The Hall–Kier alpha value is -3.93. The average Bonchev–Trinajstić information content (AvgIpc) is 2.95. The van der Waals surface area contributed by atoms with Crippen molar-refractivity contribution in [3.8, 4) is 5.75 Å². The largest absolute Gasteiger partial charge is 0.450 e. The third kappa shape index (κ3) is 2.76. The molecule has 0 unspecified atom stereocenters. The molecule has 2 aromatic carbocycles. The second-order valence-corrected chi connectivity index (χ2v) is 7.45. The standard InChI is InChI=1S/C24H19N3O3/c1-26(2)20-12-11-16(13-25-20)27-14-15-7-3-6-10-19(15)30-24-21(27)22(28)17-8-4-5-9-18(17)23(24)29/h3-13H,14H2,1-2H3. The van der Waals surface area contributed by atoms with Gasteiger partial charge in [0.2, 0.25) is 17.3 Å². The number of para-hydroxylation sites is 1. The van der Waals surface area contributed by atoms with E-state index in [-0.39, 0.29) is 23.0 Å². The van der Waals surface area contributed by atoms with Crippen LogP contribution in [0.4, 0.5) is 11.5 Å². The number of nitrogens with zero attached hydrogens (tertiary/aromatic N) is 3. The second-order valence-electron chi connectivity index (χ2n) is 7.45. The van der Waals surface area contributed by atoms with E-state index in [4.69, 9.17) is 4.74 Å². The van der Waals surface area contributed by atoms with Gasteiger partial charge in [-0.15, -0.1) is 0 Å². The van der Waals surface area contributed by atoms with Crippen LogP contribution in [0.5, 0.6) is 5.75 Å². The quantitative estimate of drug-likeness (QED) is 0.655. The molecular formula is C24H19N3O3. The fourth-order valence-electron chi connectivity index (χ4n) is 3.80. The van der Waals surface area contributed by atoms with Gasteiger partial charge in [0, 0.05) is 30.8 Å². The molecule has 2 heterocycles. The lowest BCUT2D eigenvalue weighted by molar-refractivity contribution is 0.0936. The van der Waals surface area contributed by atoms with E-state index in [1.807, 2.05) is 60.3 Å². The summed E-state index contributed by atoms with van der Waals surface area (Å²) in [6.07, 6.45) is 1.71. The van der Waals surface area contributed by atoms with Crippen LogP contribution in [0.1, 0.15) is 26.3 Å². The Labute approximate surface area is 174 Å². The molecule has 30 heavy (non-hydrogen) atoms. The summed E-state index contributed by atoms with van der Waals surface area (Å²) in [5.74, 6) is 0.909. The van der Waals surface area contributed by atoms with Crippen LogP contribution in [0.2, 0.25) is 0 Å². The lowest BCUT2D eigenvalue weighted by Gasteiger charge is -2.28. The molecule has 2 aliphatic rings. The number of anilines is 2. The van der Waals surface area contributed by atoms with Gasteiger partial charge < -0.3 is 14.5 Å². The van der Waals surface area contributed by atoms with Crippen molar-refractivity contribution in [2.45, 2.75) is 6.54 Å². The number of hydrogen-bond acceptors (Lipinski definition) is 6. The number of fused-ring (bicyclic) bond motifs is 2. The molecule has 0 saturated carbocycles. The zero-order valence-electron chi connectivity index (χ0n) is 16.6. The lowest BCUT2D eigenvalue weighted by atomic mass is 9.90. The first-order valence-corrected chi connectivity index (χ1v) is 9.64. The van der Waals surface area contributed by atoms with Gasteiger partial charge in [-0.2, -0.15) is 0 Å². The van der Waals surface area contributed by atoms with Crippen LogP contribution in [0.25, 0.3) is 0 Å². The highest BCUT2D eigenvalue weighted by Gasteiger charge is 2.39. The van der Waals surface area contributed by atoms with Gasteiger partial charge in [0.15, 0.2) is 0 Å². The van der Waals surface area contributed by atoms with Crippen molar-refractivity contribution in [2.75, 3.05) is 23.9 Å². The average molecular weight is 397 g/mol. The van der Waals surface area contributed by atoms with Crippen LogP contribution >= 0.6 is 0 Å². The normalized spacial score (nSPS) is 15.1. The number of aromatic nitrogens is 1. The summed E-state index contributed by atoms with van der Waals surface area (Å²) < 4.78 is 6.05. The molecule has 0 bridgehead atoms. The van der Waals surface area contributed by atoms with Crippen molar-refractivity contribution in [2.24, 2.45) is 0 Å². The van der Waals surface area contributed by atoms with Gasteiger partial charge in [0.05, 0.1) is 18.4 Å². The van der Waals surface area contributed by atoms with Gasteiger partial charge in [-0.05, 0) is 18.2 Å². The summed E-state index contributed by atoms with van der Waals surface area (Å²) in [6, 6.07) is 18.2. The molecule has 0 atom stereocenters. The summed E-state index contributed by atoms with van der Waals surface area (Å²) in [4.78, 5) is 35.0. The highest BCUT2D eigenvalue weighted by atomic mass is 16.5. The first-order chi connectivity index (χ1) is 14.5. The van der Waals surface area contributed by atoms with Crippen LogP contribution in [-0.4, -0.2) is 30.6 Å². The smallest absolute Gasteiger partial charge is 0.231 e. The molecule has 0 saturated heterocycles. The minimum absolute atomic E-state index is 0.0559. The fourth-order valence-corrected chi connectivity index (χ4v) is 3.80. The maximum Gasteiger partial charge on any atom is 0.231 e. The molecule has 0 spiro atoms. The molecule has 1 aromatic heterocycles. The number of ether oxygens (including phenoxy) is 1. The molecule has 0 N–H and O–H groups in total. The summed E-state index contributed by atoms with van der Waals surface area (Å²) >= 11 is 0. The van der Waals surface area contributed by atoms with Crippen molar-refractivity contribution in [3.05, 3.63) is 95.0 Å². The number of Topliss-reactive ketones (excluding diaryl/α,β-unsaturated/α-hetero) is 2. The van der Waals surface area contributed by atoms with Gasteiger partial charge in [-0.3, -0.25) is 9.59 Å². The van der Waals surface area contributed by atoms with E-state index >= 15 is 0 Å². The molecule has 5 rings (SSSR count). The number of carbonyl (C=O) groups is 2. The molecule has 148 valence electrons. The van der Waals surface area contributed by atoms with Crippen molar-refractivity contribution < 1.29 is 14.3 Å². The number of pyridine rings is 1. The lowest BCUT2D eigenvalue weighted by Crippen LogP contribution is -2.34.